The first-order valence-corrected chi connectivity index (χ1v) is 5.18. The lowest BCUT2D eigenvalue weighted by atomic mass is 10.2. The second-order valence-corrected chi connectivity index (χ2v) is 3.45. The molecule has 0 aliphatic rings. The summed E-state index contributed by atoms with van der Waals surface area (Å²) in [6, 6.07) is 6.69. The molecule has 1 heterocycles. The highest BCUT2D eigenvalue weighted by Crippen LogP contribution is 2.12. The quantitative estimate of drug-likeness (QED) is 0.591. The fourth-order valence-corrected chi connectivity index (χ4v) is 1.27. The van der Waals surface area contributed by atoms with Crippen molar-refractivity contribution in [3.05, 3.63) is 42.5 Å². The Hall–Kier alpha value is -2.70. The molecular formula is C11H11N5O2. The van der Waals surface area contributed by atoms with E-state index in [1.165, 1.54) is 23.6 Å². The van der Waals surface area contributed by atoms with Crippen LogP contribution < -0.4 is 5.43 Å². The Morgan fingerprint density at radius 1 is 1.50 bits per heavy atom. The molecule has 7 heteroatoms. The molecule has 0 saturated carbocycles. The monoisotopic (exact) mass is 245 g/mol. The van der Waals surface area contributed by atoms with Crippen LogP contribution in [0.15, 0.2) is 42.0 Å². The van der Waals surface area contributed by atoms with Gasteiger partial charge in [0, 0.05) is 5.56 Å². The minimum Gasteiger partial charge on any atom is -0.507 e. The molecule has 1 aromatic carbocycles. The van der Waals surface area contributed by atoms with Gasteiger partial charge in [-0.2, -0.15) is 10.2 Å². The van der Waals surface area contributed by atoms with Crippen molar-refractivity contribution in [1.29, 1.82) is 0 Å². The van der Waals surface area contributed by atoms with Crippen LogP contribution >= 0.6 is 0 Å². The van der Waals surface area contributed by atoms with E-state index in [0.717, 1.165) is 0 Å². The van der Waals surface area contributed by atoms with Crippen LogP contribution in [0.2, 0.25) is 0 Å². The molecule has 0 spiro atoms. The lowest BCUT2D eigenvalue weighted by Crippen LogP contribution is -2.23. The molecule has 1 aromatic heterocycles. The number of hydrazone groups is 1. The standard InChI is InChI=1S/C11H11N5O2/c17-10-4-2-1-3-9(10)5-13-15-11(18)6-16-8-12-7-14-16/h1-5,7-8,17H,6H2,(H,15,18)/b13-5+. The lowest BCUT2D eigenvalue weighted by Gasteiger charge is -1.99. The molecule has 0 aliphatic heterocycles. The minimum atomic E-state index is -0.327. The number of nitrogens with one attached hydrogen (secondary N) is 1. The van der Waals surface area contributed by atoms with E-state index in [1.807, 2.05) is 0 Å². The molecule has 92 valence electrons. The van der Waals surface area contributed by atoms with E-state index < -0.39 is 0 Å². The third-order valence-electron chi connectivity index (χ3n) is 2.10. The molecule has 1 amide bonds. The van der Waals surface area contributed by atoms with Crippen LogP contribution in [0.25, 0.3) is 0 Å². The van der Waals surface area contributed by atoms with Crippen LogP contribution in [0.5, 0.6) is 5.75 Å². The van der Waals surface area contributed by atoms with E-state index in [1.54, 1.807) is 24.3 Å². The molecule has 0 saturated heterocycles. The van der Waals surface area contributed by atoms with E-state index in [0.29, 0.717) is 5.56 Å². The van der Waals surface area contributed by atoms with Gasteiger partial charge >= 0.3 is 0 Å². The number of carbonyl (C=O) groups excluding carboxylic acids is 1. The van der Waals surface area contributed by atoms with Crippen molar-refractivity contribution in [3.63, 3.8) is 0 Å². The van der Waals surface area contributed by atoms with Crippen LogP contribution in [0, 0.1) is 0 Å². The van der Waals surface area contributed by atoms with E-state index >= 15 is 0 Å². The van der Waals surface area contributed by atoms with Gasteiger partial charge in [-0.3, -0.25) is 4.79 Å². The number of benzene rings is 1. The van der Waals surface area contributed by atoms with Crippen molar-refractivity contribution in [2.75, 3.05) is 0 Å². The third-order valence-corrected chi connectivity index (χ3v) is 2.10. The van der Waals surface area contributed by atoms with Crippen LogP contribution in [0.4, 0.5) is 0 Å². The zero-order valence-electron chi connectivity index (χ0n) is 9.39. The number of hydrogen-bond donors (Lipinski definition) is 2. The Morgan fingerprint density at radius 2 is 2.33 bits per heavy atom. The van der Waals surface area contributed by atoms with E-state index in [-0.39, 0.29) is 18.2 Å². The number of phenols is 1. The molecule has 2 rings (SSSR count). The summed E-state index contributed by atoms with van der Waals surface area (Å²) in [5.41, 5.74) is 2.85. The van der Waals surface area contributed by atoms with Crippen molar-refractivity contribution < 1.29 is 9.90 Å². The molecular weight excluding hydrogens is 234 g/mol. The van der Waals surface area contributed by atoms with Gasteiger partial charge in [0.05, 0.1) is 6.21 Å². The summed E-state index contributed by atoms with van der Waals surface area (Å²) in [6.45, 7) is 0.0398. The normalized spacial score (nSPS) is 10.7. The number of phenolic OH excluding ortho intramolecular Hbond substituents is 1. The highest BCUT2D eigenvalue weighted by molar-refractivity contribution is 5.84. The van der Waals surface area contributed by atoms with Crippen molar-refractivity contribution in [1.82, 2.24) is 20.2 Å². The average molecular weight is 245 g/mol. The number of rotatable bonds is 4. The molecule has 2 N–H and O–H groups in total. The molecule has 0 aliphatic carbocycles. The molecule has 18 heavy (non-hydrogen) atoms. The number of hydrogen-bond acceptors (Lipinski definition) is 5. The highest BCUT2D eigenvalue weighted by Gasteiger charge is 2.01. The second-order valence-electron chi connectivity index (χ2n) is 3.45. The fraction of sp³-hybridized carbons (Fsp3) is 0.0909. The predicted molar refractivity (Wildman–Crippen MR) is 63.9 cm³/mol. The predicted octanol–water partition coefficient (Wildman–Crippen LogP) is 0.134. The molecule has 0 unspecified atom stereocenters. The van der Waals surface area contributed by atoms with Gasteiger partial charge in [-0.05, 0) is 12.1 Å². The Kier molecular flexibility index (Phi) is 3.65. The van der Waals surface area contributed by atoms with Gasteiger partial charge in [-0.15, -0.1) is 0 Å². The van der Waals surface area contributed by atoms with Gasteiger partial charge in [0.15, 0.2) is 0 Å². The number of amides is 1. The first-order chi connectivity index (χ1) is 8.75. The average Bonchev–Trinajstić information content (AvgIpc) is 2.84. The van der Waals surface area contributed by atoms with Crippen LogP contribution in [0.3, 0.4) is 0 Å². The van der Waals surface area contributed by atoms with Crippen LogP contribution in [-0.2, 0) is 11.3 Å². The Labute approximate surface area is 103 Å². The number of aromatic nitrogens is 3. The molecule has 0 radical (unpaired) electrons. The van der Waals surface area contributed by atoms with Gasteiger partial charge in [0.25, 0.3) is 5.91 Å². The Morgan fingerprint density at radius 3 is 3.06 bits per heavy atom. The highest BCUT2D eigenvalue weighted by atomic mass is 16.3. The summed E-state index contributed by atoms with van der Waals surface area (Å²) in [7, 11) is 0. The number of para-hydroxylation sites is 1. The molecule has 0 fully saturated rings. The third kappa shape index (κ3) is 3.14. The van der Waals surface area contributed by atoms with Crippen LogP contribution in [0.1, 0.15) is 5.56 Å². The Bertz CT molecular complexity index is 550. The van der Waals surface area contributed by atoms with Crippen molar-refractivity contribution in [2.24, 2.45) is 5.10 Å². The van der Waals surface area contributed by atoms with E-state index in [9.17, 15) is 9.90 Å². The van der Waals surface area contributed by atoms with Crippen molar-refractivity contribution in [2.45, 2.75) is 6.54 Å². The largest absolute Gasteiger partial charge is 0.507 e. The number of aromatic hydroxyl groups is 1. The zero-order valence-corrected chi connectivity index (χ0v) is 9.39. The Balaban J connectivity index is 1.88. The maximum atomic E-state index is 11.4. The second kappa shape index (κ2) is 5.58. The minimum absolute atomic E-state index is 0.0398. The van der Waals surface area contributed by atoms with Crippen molar-refractivity contribution >= 4 is 12.1 Å². The molecule has 2 aromatic rings. The summed E-state index contributed by atoms with van der Waals surface area (Å²) in [4.78, 5) is 15.1. The van der Waals surface area contributed by atoms with Crippen molar-refractivity contribution in [3.8, 4) is 5.75 Å². The van der Waals surface area contributed by atoms with E-state index in [4.69, 9.17) is 0 Å². The number of carbonyl (C=O) groups is 1. The van der Waals surface area contributed by atoms with E-state index in [2.05, 4.69) is 20.6 Å². The maximum absolute atomic E-state index is 11.4. The maximum Gasteiger partial charge on any atom is 0.261 e. The summed E-state index contributed by atoms with van der Waals surface area (Å²) in [6.07, 6.45) is 4.15. The van der Waals surface area contributed by atoms with Gasteiger partial charge in [-0.25, -0.2) is 15.1 Å². The fourth-order valence-electron chi connectivity index (χ4n) is 1.27. The summed E-state index contributed by atoms with van der Waals surface area (Å²) in [5.74, 6) is -0.223. The zero-order chi connectivity index (χ0) is 12.8. The topological polar surface area (TPSA) is 92.4 Å². The summed E-state index contributed by atoms with van der Waals surface area (Å²) in [5, 5.41) is 17.0. The molecule has 0 bridgehead atoms. The SMILES string of the molecule is O=C(Cn1cncn1)N/N=C/c1ccccc1O. The summed E-state index contributed by atoms with van der Waals surface area (Å²) < 4.78 is 1.38. The van der Waals surface area contributed by atoms with Crippen LogP contribution in [-0.4, -0.2) is 32.0 Å². The first-order valence-electron chi connectivity index (χ1n) is 5.18. The van der Waals surface area contributed by atoms with Gasteiger partial charge in [0.1, 0.15) is 24.9 Å². The smallest absolute Gasteiger partial charge is 0.261 e. The number of nitrogens with zero attached hydrogens (tertiary/aromatic N) is 4. The first kappa shape index (κ1) is 11.8. The van der Waals surface area contributed by atoms with Gasteiger partial charge in [0.2, 0.25) is 0 Å². The van der Waals surface area contributed by atoms with Gasteiger partial charge < -0.3 is 5.11 Å². The molecule has 7 nitrogen and oxygen atoms in total. The lowest BCUT2D eigenvalue weighted by molar-refractivity contribution is -0.121. The van der Waals surface area contributed by atoms with Gasteiger partial charge in [-0.1, -0.05) is 12.1 Å². The summed E-state index contributed by atoms with van der Waals surface area (Å²) >= 11 is 0. The molecule has 0 atom stereocenters.